The van der Waals surface area contributed by atoms with Gasteiger partial charge in [-0.1, -0.05) is 50.2 Å². The summed E-state index contributed by atoms with van der Waals surface area (Å²) < 4.78 is 5.54. The van der Waals surface area contributed by atoms with E-state index in [-0.39, 0.29) is 28.5 Å². The van der Waals surface area contributed by atoms with Gasteiger partial charge in [0.05, 0.1) is 30.4 Å². The molecule has 0 saturated heterocycles. The van der Waals surface area contributed by atoms with Crippen molar-refractivity contribution >= 4 is 11.7 Å². The molecule has 7 nitrogen and oxygen atoms in total. The van der Waals surface area contributed by atoms with Gasteiger partial charge in [-0.3, -0.25) is 15.0 Å². The summed E-state index contributed by atoms with van der Waals surface area (Å²) in [5, 5.41) is 11.5. The number of amides is 1. The second-order valence-corrected chi connectivity index (χ2v) is 9.03. The van der Waals surface area contributed by atoms with Crippen molar-refractivity contribution in [1.82, 2.24) is 10.4 Å². The number of benzene rings is 2. The van der Waals surface area contributed by atoms with Crippen LogP contribution in [0.2, 0.25) is 0 Å². The Hall–Kier alpha value is -4.05. The van der Waals surface area contributed by atoms with Crippen molar-refractivity contribution in [2.45, 2.75) is 32.6 Å². The highest BCUT2D eigenvalue weighted by Crippen LogP contribution is 2.49. The number of hydrogen-bond acceptors (Lipinski definition) is 6. The first kappa shape index (κ1) is 22.2. The maximum absolute atomic E-state index is 13.5. The van der Waals surface area contributed by atoms with Crippen LogP contribution < -0.4 is 15.9 Å². The zero-order chi connectivity index (χ0) is 23.8. The van der Waals surface area contributed by atoms with Crippen LogP contribution in [0.3, 0.4) is 0 Å². The van der Waals surface area contributed by atoms with E-state index in [9.17, 15) is 14.9 Å². The van der Waals surface area contributed by atoms with Gasteiger partial charge in [-0.2, -0.15) is 5.26 Å². The summed E-state index contributed by atoms with van der Waals surface area (Å²) in [6.07, 6.45) is 0.838. The number of carbonyl (C=O) groups is 2. The van der Waals surface area contributed by atoms with Crippen LogP contribution >= 0.6 is 0 Å². The number of ether oxygens (including phenoxy) is 1. The minimum Gasteiger partial charge on any atom is -0.496 e. The first-order valence-corrected chi connectivity index (χ1v) is 10.7. The normalized spacial score (nSPS) is 19.6. The Balaban J connectivity index is 1.90. The van der Waals surface area contributed by atoms with Crippen LogP contribution in [0.5, 0.6) is 5.75 Å². The number of nitrogens with one attached hydrogen (secondary N) is 1. The van der Waals surface area contributed by atoms with Crippen molar-refractivity contribution in [3.8, 4) is 11.8 Å². The van der Waals surface area contributed by atoms with E-state index >= 15 is 0 Å². The number of hydrazine groups is 1. The lowest BCUT2D eigenvalue weighted by molar-refractivity contribution is -0.118. The first-order valence-electron chi connectivity index (χ1n) is 10.7. The minimum absolute atomic E-state index is 0.0728. The van der Waals surface area contributed by atoms with Crippen molar-refractivity contribution in [1.29, 1.82) is 5.26 Å². The number of nitrogens with two attached hydrogens (primary N) is 1. The van der Waals surface area contributed by atoms with E-state index in [1.165, 1.54) is 5.01 Å². The number of Topliss-reactive ketones (excluding diaryl/α,β-unsaturated/α-hetero) is 1. The average molecular weight is 443 g/mol. The SMILES string of the molecule is COc1ccccc1C1C(C#N)=C(N)N(NC(=O)c2ccccc2)C2=C1C(=O)CC(C)(C)C2. The molecule has 1 aliphatic carbocycles. The van der Waals surface area contributed by atoms with Gasteiger partial charge in [0.1, 0.15) is 11.6 Å². The highest BCUT2D eigenvalue weighted by molar-refractivity contribution is 6.01. The molecule has 2 aromatic rings. The standard InChI is InChI=1S/C26H26N4O3/c1-26(2)13-19-23(20(31)14-26)22(17-11-7-8-12-21(17)33-3)18(15-27)24(28)30(19)29-25(32)16-9-5-4-6-10-16/h4-12,22H,13-14,28H2,1-3H3,(H,29,32). The molecule has 1 heterocycles. The van der Waals surface area contributed by atoms with Crippen LogP contribution in [0.4, 0.5) is 0 Å². The molecule has 0 saturated carbocycles. The summed E-state index contributed by atoms with van der Waals surface area (Å²) in [6.45, 7) is 4.01. The number of carbonyl (C=O) groups excluding carboxylic acids is 2. The zero-order valence-corrected chi connectivity index (χ0v) is 18.9. The number of nitrogens with zero attached hydrogens (tertiary/aromatic N) is 2. The molecule has 0 fully saturated rings. The second kappa shape index (κ2) is 8.47. The highest BCUT2D eigenvalue weighted by Gasteiger charge is 2.45. The third-order valence-electron chi connectivity index (χ3n) is 6.08. The topological polar surface area (TPSA) is 108 Å². The lowest BCUT2D eigenvalue weighted by Gasteiger charge is -2.43. The third-order valence-corrected chi connectivity index (χ3v) is 6.08. The summed E-state index contributed by atoms with van der Waals surface area (Å²) in [5.74, 6) is -0.462. The highest BCUT2D eigenvalue weighted by atomic mass is 16.5. The summed E-state index contributed by atoms with van der Waals surface area (Å²) in [5.41, 5.74) is 11.4. The predicted octanol–water partition coefficient (Wildman–Crippen LogP) is 3.78. The van der Waals surface area contributed by atoms with Crippen molar-refractivity contribution in [2.75, 3.05) is 7.11 Å². The van der Waals surface area contributed by atoms with Crippen molar-refractivity contribution in [2.24, 2.45) is 11.1 Å². The van der Waals surface area contributed by atoms with Gasteiger partial charge in [-0.05, 0) is 30.0 Å². The van der Waals surface area contributed by atoms with Gasteiger partial charge in [0.15, 0.2) is 5.78 Å². The second-order valence-electron chi connectivity index (χ2n) is 9.03. The van der Waals surface area contributed by atoms with Crippen molar-refractivity contribution in [3.63, 3.8) is 0 Å². The minimum atomic E-state index is -0.672. The molecule has 2 aromatic carbocycles. The zero-order valence-electron chi connectivity index (χ0n) is 18.9. The largest absolute Gasteiger partial charge is 0.496 e. The number of rotatable bonds is 4. The van der Waals surface area contributed by atoms with E-state index in [1.807, 2.05) is 38.1 Å². The summed E-state index contributed by atoms with van der Waals surface area (Å²) in [7, 11) is 1.55. The first-order chi connectivity index (χ1) is 15.8. The number of nitriles is 1. The number of para-hydroxylation sites is 1. The van der Waals surface area contributed by atoms with Crippen LogP contribution in [0, 0.1) is 16.7 Å². The number of allylic oxidation sites excluding steroid dienone is 3. The molecule has 0 spiro atoms. The van der Waals surface area contributed by atoms with Gasteiger partial charge >= 0.3 is 0 Å². The number of methoxy groups -OCH3 is 1. The molecular formula is C26H26N4O3. The summed E-state index contributed by atoms with van der Waals surface area (Å²) >= 11 is 0. The maximum Gasteiger partial charge on any atom is 0.270 e. The van der Waals surface area contributed by atoms with Gasteiger partial charge in [-0.15, -0.1) is 0 Å². The molecule has 1 atom stereocenters. The lowest BCUT2D eigenvalue weighted by Crippen LogP contribution is -2.49. The summed E-state index contributed by atoms with van der Waals surface area (Å²) in [6, 6.07) is 18.2. The Morgan fingerprint density at radius 2 is 1.82 bits per heavy atom. The van der Waals surface area contributed by atoms with Crippen LogP contribution in [-0.2, 0) is 4.79 Å². The quantitative estimate of drug-likeness (QED) is 0.746. The van der Waals surface area contributed by atoms with Crippen LogP contribution in [0.15, 0.2) is 77.3 Å². The Morgan fingerprint density at radius 3 is 2.48 bits per heavy atom. The van der Waals surface area contributed by atoms with Gasteiger partial charge in [-0.25, -0.2) is 5.01 Å². The number of hydrogen-bond donors (Lipinski definition) is 2. The van der Waals surface area contributed by atoms with Gasteiger partial charge in [0.25, 0.3) is 5.91 Å². The van der Waals surface area contributed by atoms with Crippen LogP contribution in [0.25, 0.3) is 0 Å². The Labute approximate surface area is 193 Å². The molecule has 33 heavy (non-hydrogen) atoms. The molecule has 1 aliphatic heterocycles. The number of ketones is 1. The van der Waals surface area contributed by atoms with Gasteiger partial charge in [0.2, 0.25) is 0 Å². The Kier molecular flexibility index (Phi) is 5.69. The fourth-order valence-electron chi connectivity index (χ4n) is 4.61. The molecular weight excluding hydrogens is 416 g/mol. The molecule has 2 aliphatic rings. The van der Waals surface area contributed by atoms with Crippen molar-refractivity contribution < 1.29 is 14.3 Å². The van der Waals surface area contributed by atoms with E-state index in [2.05, 4.69) is 11.5 Å². The van der Waals surface area contributed by atoms with Gasteiger partial charge < -0.3 is 10.5 Å². The summed E-state index contributed by atoms with van der Waals surface area (Å²) in [4.78, 5) is 26.5. The van der Waals surface area contributed by atoms with Gasteiger partial charge in [0, 0.05) is 23.1 Å². The molecule has 7 heteroatoms. The fraction of sp³-hybridized carbons (Fsp3) is 0.269. The average Bonchev–Trinajstić information content (AvgIpc) is 2.80. The molecule has 3 N–H and O–H groups in total. The van der Waals surface area contributed by atoms with Crippen LogP contribution in [-0.4, -0.2) is 23.8 Å². The fourth-order valence-corrected chi connectivity index (χ4v) is 4.61. The molecule has 0 aromatic heterocycles. The van der Waals surface area contributed by atoms with E-state index in [0.29, 0.717) is 41.0 Å². The predicted molar refractivity (Wildman–Crippen MR) is 123 cm³/mol. The molecule has 4 rings (SSSR count). The smallest absolute Gasteiger partial charge is 0.270 e. The van der Waals surface area contributed by atoms with Crippen molar-refractivity contribution in [3.05, 3.63) is 88.4 Å². The molecule has 0 bridgehead atoms. The molecule has 1 unspecified atom stereocenters. The van der Waals surface area contributed by atoms with E-state index in [0.717, 1.165) is 0 Å². The van der Waals surface area contributed by atoms with E-state index in [1.54, 1.807) is 37.4 Å². The maximum atomic E-state index is 13.5. The lowest BCUT2D eigenvalue weighted by atomic mass is 9.69. The molecule has 0 radical (unpaired) electrons. The third kappa shape index (κ3) is 3.96. The van der Waals surface area contributed by atoms with Crippen LogP contribution in [0.1, 0.15) is 48.5 Å². The van der Waals surface area contributed by atoms with E-state index in [4.69, 9.17) is 10.5 Å². The monoisotopic (exact) mass is 442 g/mol. The molecule has 1 amide bonds. The molecule has 168 valence electrons. The van der Waals surface area contributed by atoms with E-state index < -0.39 is 5.92 Å². The Morgan fingerprint density at radius 1 is 1.15 bits per heavy atom. The Bertz CT molecular complexity index is 1220.